The molecule has 0 radical (unpaired) electrons. The van der Waals surface area contributed by atoms with Crippen molar-refractivity contribution in [3.8, 4) is 5.75 Å². The lowest BCUT2D eigenvalue weighted by atomic mass is 9.71. The number of methoxy groups -OCH3 is 1. The first kappa shape index (κ1) is 23.8. The third-order valence-corrected chi connectivity index (χ3v) is 6.37. The highest BCUT2D eigenvalue weighted by molar-refractivity contribution is 6.04. The number of ether oxygens (including phenoxy) is 3. The van der Waals surface area contributed by atoms with Crippen LogP contribution in [0.4, 0.5) is 0 Å². The number of Topliss-reactive ketones (excluding diaryl/α,β-unsaturated/α-hetero) is 1. The standard InChI is InChI=1S/C28H31NO5/c1-4-33-24-13-9-8-12-21(24)26-25(28(31)34-15-14-32-3)18(2)29-22-16-20(17-23(30)27(22)26)19-10-6-5-7-11-19/h5-13,20,26,29H,4,14-17H2,1-3H3/t20-,26-/m0/s1. The van der Waals surface area contributed by atoms with Crippen molar-refractivity contribution in [2.24, 2.45) is 0 Å². The molecule has 178 valence electrons. The van der Waals surface area contributed by atoms with E-state index in [2.05, 4.69) is 17.4 Å². The van der Waals surface area contributed by atoms with E-state index in [4.69, 9.17) is 14.2 Å². The number of para-hydroxylation sites is 1. The predicted octanol–water partition coefficient (Wildman–Crippen LogP) is 4.64. The molecule has 4 rings (SSSR count). The smallest absolute Gasteiger partial charge is 0.336 e. The van der Waals surface area contributed by atoms with Crippen molar-refractivity contribution in [3.05, 3.63) is 88.3 Å². The van der Waals surface area contributed by atoms with Crippen LogP contribution in [-0.2, 0) is 19.1 Å². The number of ketones is 1. The van der Waals surface area contributed by atoms with Gasteiger partial charge in [0, 0.05) is 36.1 Å². The van der Waals surface area contributed by atoms with E-state index in [1.165, 1.54) is 0 Å². The van der Waals surface area contributed by atoms with E-state index in [9.17, 15) is 9.59 Å². The lowest BCUT2D eigenvalue weighted by molar-refractivity contribution is -0.140. The Bertz CT molecular complexity index is 1120. The Balaban J connectivity index is 1.79. The van der Waals surface area contributed by atoms with Crippen molar-refractivity contribution < 1.29 is 23.8 Å². The molecule has 2 aliphatic rings. The maximum atomic E-state index is 13.7. The zero-order valence-electron chi connectivity index (χ0n) is 19.9. The maximum Gasteiger partial charge on any atom is 0.336 e. The van der Waals surface area contributed by atoms with Gasteiger partial charge >= 0.3 is 5.97 Å². The molecule has 2 aromatic carbocycles. The van der Waals surface area contributed by atoms with Gasteiger partial charge in [-0.3, -0.25) is 4.79 Å². The summed E-state index contributed by atoms with van der Waals surface area (Å²) in [6.07, 6.45) is 1.09. The molecule has 0 spiro atoms. The van der Waals surface area contributed by atoms with Crippen LogP contribution in [0.1, 0.15) is 49.7 Å². The molecule has 6 heteroatoms. The molecule has 1 N–H and O–H groups in total. The molecule has 0 bridgehead atoms. The van der Waals surface area contributed by atoms with Crippen LogP contribution in [0.5, 0.6) is 5.75 Å². The van der Waals surface area contributed by atoms with Crippen LogP contribution in [0.15, 0.2) is 77.1 Å². The number of rotatable bonds is 8. The molecule has 0 amide bonds. The number of allylic oxidation sites excluding steroid dienone is 3. The lowest BCUT2D eigenvalue weighted by Crippen LogP contribution is -2.36. The number of carbonyl (C=O) groups is 2. The first-order valence-corrected chi connectivity index (χ1v) is 11.7. The molecule has 0 unspecified atom stereocenters. The van der Waals surface area contributed by atoms with Gasteiger partial charge < -0.3 is 19.5 Å². The molecule has 0 saturated carbocycles. The van der Waals surface area contributed by atoms with Gasteiger partial charge in [0.25, 0.3) is 0 Å². The SMILES string of the molecule is CCOc1ccccc1[C@H]1C(C(=O)OCCOC)=C(C)NC2=C1C(=O)C[C@@H](c1ccccc1)C2. The number of hydrogen-bond acceptors (Lipinski definition) is 6. The molecule has 34 heavy (non-hydrogen) atoms. The number of nitrogens with one attached hydrogen (secondary N) is 1. The average molecular weight is 462 g/mol. The van der Waals surface area contributed by atoms with Gasteiger partial charge in [-0.05, 0) is 37.8 Å². The third kappa shape index (κ3) is 4.77. The number of hydrogen-bond donors (Lipinski definition) is 1. The van der Waals surface area contributed by atoms with Gasteiger partial charge in [0.05, 0.1) is 24.7 Å². The van der Waals surface area contributed by atoms with Crippen LogP contribution in [0.25, 0.3) is 0 Å². The zero-order valence-corrected chi connectivity index (χ0v) is 19.9. The van der Waals surface area contributed by atoms with Gasteiger partial charge in [0.1, 0.15) is 12.4 Å². The number of dihydropyridines is 1. The summed E-state index contributed by atoms with van der Waals surface area (Å²) < 4.78 is 16.5. The van der Waals surface area contributed by atoms with Crippen LogP contribution < -0.4 is 10.1 Å². The van der Waals surface area contributed by atoms with Crippen LogP contribution in [0, 0.1) is 0 Å². The number of carbonyl (C=O) groups excluding carboxylic acids is 2. The van der Waals surface area contributed by atoms with Crippen molar-refractivity contribution in [1.29, 1.82) is 0 Å². The Morgan fingerprint density at radius 2 is 1.76 bits per heavy atom. The topological polar surface area (TPSA) is 73.9 Å². The van der Waals surface area contributed by atoms with Crippen molar-refractivity contribution >= 4 is 11.8 Å². The summed E-state index contributed by atoms with van der Waals surface area (Å²) in [6.45, 7) is 4.71. The number of esters is 1. The van der Waals surface area contributed by atoms with Gasteiger partial charge in [0.15, 0.2) is 5.78 Å². The third-order valence-electron chi connectivity index (χ3n) is 6.37. The normalized spacial score (nSPS) is 20.0. The van der Waals surface area contributed by atoms with Gasteiger partial charge in [-0.2, -0.15) is 0 Å². The fraction of sp³-hybridized carbons (Fsp3) is 0.357. The maximum absolute atomic E-state index is 13.7. The molecule has 1 aliphatic heterocycles. The van der Waals surface area contributed by atoms with Crippen molar-refractivity contribution in [2.45, 2.75) is 38.5 Å². The Labute approximate surface area is 200 Å². The van der Waals surface area contributed by atoms with Crippen LogP contribution in [0.2, 0.25) is 0 Å². The molecular formula is C28H31NO5. The summed E-state index contributed by atoms with van der Waals surface area (Å²) in [5.74, 6) is -0.225. The van der Waals surface area contributed by atoms with Crippen LogP contribution >= 0.6 is 0 Å². The second-order valence-electron chi connectivity index (χ2n) is 8.53. The average Bonchev–Trinajstić information content (AvgIpc) is 2.84. The molecule has 1 aliphatic carbocycles. The second-order valence-corrected chi connectivity index (χ2v) is 8.53. The molecule has 0 saturated heterocycles. The second kappa shape index (κ2) is 10.7. The van der Waals surface area contributed by atoms with E-state index < -0.39 is 11.9 Å². The monoisotopic (exact) mass is 461 g/mol. The highest BCUT2D eigenvalue weighted by Crippen LogP contribution is 2.47. The Morgan fingerprint density at radius 1 is 1.03 bits per heavy atom. The summed E-state index contributed by atoms with van der Waals surface area (Å²) in [5.41, 5.74) is 4.56. The van der Waals surface area contributed by atoms with Gasteiger partial charge in [-0.25, -0.2) is 4.79 Å². The fourth-order valence-corrected chi connectivity index (χ4v) is 4.88. The zero-order chi connectivity index (χ0) is 24.1. The van der Waals surface area contributed by atoms with Crippen molar-refractivity contribution in [3.63, 3.8) is 0 Å². The van der Waals surface area contributed by atoms with Gasteiger partial charge in [-0.15, -0.1) is 0 Å². The molecule has 0 fully saturated rings. The van der Waals surface area contributed by atoms with Crippen molar-refractivity contribution in [1.82, 2.24) is 5.32 Å². The Kier molecular flexibility index (Phi) is 7.48. The minimum absolute atomic E-state index is 0.0357. The summed E-state index contributed by atoms with van der Waals surface area (Å²) in [5, 5.41) is 3.39. The van der Waals surface area contributed by atoms with E-state index in [1.807, 2.05) is 56.3 Å². The predicted molar refractivity (Wildman–Crippen MR) is 129 cm³/mol. The van der Waals surface area contributed by atoms with Crippen LogP contribution in [0.3, 0.4) is 0 Å². The van der Waals surface area contributed by atoms with E-state index >= 15 is 0 Å². The van der Waals surface area contributed by atoms with Crippen molar-refractivity contribution in [2.75, 3.05) is 26.9 Å². The molecule has 1 heterocycles. The fourth-order valence-electron chi connectivity index (χ4n) is 4.88. The van der Waals surface area contributed by atoms with E-state index in [0.29, 0.717) is 48.6 Å². The molecule has 2 atom stereocenters. The highest BCUT2D eigenvalue weighted by atomic mass is 16.6. The summed E-state index contributed by atoms with van der Waals surface area (Å²) in [4.78, 5) is 26.9. The van der Waals surface area contributed by atoms with Gasteiger partial charge in [0.2, 0.25) is 0 Å². The molecule has 2 aromatic rings. The highest BCUT2D eigenvalue weighted by Gasteiger charge is 2.42. The quantitative estimate of drug-likeness (QED) is 0.456. The Morgan fingerprint density at radius 3 is 2.50 bits per heavy atom. The summed E-state index contributed by atoms with van der Waals surface area (Å²) >= 11 is 0. The molecule has 0 aromatic heterocycles. The van der Waals surface area contributed by atoms with E-state index in [0.717, 1.165) is 16.8 Å². The van der Waals surface area contributed by atoms with E-state index in [-0.39, 0.29) is 18.3 Å². The minimum Gasteiger partial charge on any atom is -0.494 e. The summed E-state index contributed by atoms with van der Waals surface area (Å²) in [6, 6.07) is 17.7. The first-order chi connectivity index (χ1) is 16.5. The van der Waals surface area contributed by atoms with E-state index in [1.54, 1.807) is 7.11 Å². The molecule has 6 nitrogen and oxygen atoms in total. The van der Waals surface area contributed by atoms with Crippen LogP contribution in [-0.4, -0.2) is 38.7 Å². The first-order valence-electron chi connectivity index (χ1n) is 11.7. The largest absolute Gasteiger partial charge is 0.494 e. The molecular weight excluding hydrogens is 430 g/mol. The Hall–Kier alpha value is -3.38. The lowest BCUT2D eigenvalue weighted by Gasteiger charge is -2.37. The van der Waals surface area contributed by atoms with Gasteiger partial charge in [-0.1, -0.05) is 48.5 Å². The minimum atomic E-state index is -0.557. The number of benzene rings is 2. The summed E-state index contributed by atoms with van der Waals surface area (Å²) in [7, 11) is 1.56.